The van der Waals surface area contributed by atoms with Crippen LogP contribution in [0.1, 0.15) is 5.89 Å². The maximum atomic E-state index is 5.74. The molecule has 0 aliphatic rings. The van der Waals surface area contributed by atoms with Crippen molar-refractivity contribution in [2.45, 2.75) is 10.6 Å². The molecule has 0 fully saturated rings. The van der Waals surface area contributed by atoms with E-state index in [0.717, 1.165) is 16.2 Å². The Hall–Kier alpha value is -2.27. The highest BCUT2D eigenvalue weighted by atomic mass is 32.2. The Balaban J connectivity index is 1.67. The first-order valence-corrected chi connectivity index (χ1v) is 7.14. The summed E-state index contributed by atoms with van der Waals surface area (Å²) in [5.74, 6) is 2.68. The van der Waals surface area contributed by atoms with Crippen LogP contribution in [0.3, 0.4) is 0 Å². The van der Waals surface area contributed by atoms with E-state index in [0.29, 0.717) is 17.5 Å². The molecule has 100 valence electrons. The number of aromatic nitrogens is 2. The number of hydrogen-bond donors (Lipinski definition) is 1. The molecule has 0 bridgehead atoms. The summed E-state index contributed by atoms with van der Waals surface area (Å²) in [5.41, 5.74) is 6.58. The van der Waals surface area contributed by atoms with Gasteiger partial charge in [-0.2, -0.15) is 0 Å². The molecule has 2 N–H and O–H groups in total. The van der Waals surface area contributed by atoms with Crippen molar-refractivity contribution in [1.29, 1.82) is 0 Å². The second-order valence-corrected chi connectivity index (χ2v) is 5.24. The first-order valence-electron chi connectivity index (χ1n) is 6.16. The van der Waals surface area contributed by atoms with Crippen LogP contribution in [0.5, 0.6) is 0 Å². The van der Waals surface area contributed by atoms with Crippen molar-refractivity contribution >= 4 is 17.6 Å². The summed E-state index contributed by atoms with van der Waals surface area (Å²) in [6.07, 6.45) is 3.51. The number of pyridine rings is 1. The van der Waals surface area contributed by atoms with Gasteiger partial charge in [-0.1, -0.05) is 30.3 Å². The summed E-state index contributed by atoms with van der Waals surface area (Å²) in [7, 11) is 0. The van der Waals surface area contributed by atoms with Crippen molar-refractivity contribution in [1.82, 2.24) is 9.97 Å². The van der Waals surface area contributed by atoms with E-state index < -0.39 is 0 Å². The van der Waals surface area contributed by atoms with Crippen molar-refractivity contribution in [3.63, 3.8) is 0 Å². The molecule has 0 aliphatic heterocycles. The highest BCUT2D eigenvalue weighted by molar-refractivity contribution is 7.98. The molecule has 2 heterocycles. The van der Waals surface area contributed by atoms with E-state index in [-0.39, 0.29) is 0 Å². The minimum atomic E-state index is 0.525. The second kappa shape index (κ2) is 5.79. The van der Waals surface area contributed by atoms with E-state index in [4.69, 9.17) is 10.2 Å². The van der Waals surface area contributed by atoms with Gasteiger partial charge in [0.2, 0.25) is 5.89 Å². The minimum absolute atomic E-state index is 0.525. The summed E-state index contributed by atoms with van der Waals surface area (Å²) in [4.78, 5) is 9.38. The van der Waals surface area contributed by atoms with E-state index in [9.17, 15) is 0 Å². The van der Waals surface area contributed by atoms with Crippen molar-refractivity contribution in [2.24, 2.45) is 0 Å². The average molecular weight is 283 g/mol. The molecular weight excluding hydrogens is 270 g/mol. The molecule has 0 radical (unpaired) electrons. The van der Waals surface area contributed by atoms with Gasteiger partial charge >= 0.3 is 0 Å². The van der Waals surface area contributed by atoms with E-state index in [1.54, 1.807) is 30.2 Å². The number of oxazole rings is 1. The first-order chi connectivity index (χ1) is 9.81. The Morgan fingerprint density at radius 2 is 1.85 bits per heavy atom. The molecule has 0 saturated heterocycles. The van der Waals surface area contributed by atoms with E-state index in [2.05, 4.69) is 9.97 Å². The van der Waals surface area contributed by atoms with E-state index >= 15 is 0 Å². The van der Waals surface area contributed by atoms with Gasteiger partial charge < -0.3 is 10.2 Å². The molecule has 4 nitrogen and oxygen atoms in total. The van der Waals surface area contributed by atoms with Gasteiger partial charge in [-0.15, -0.1) is 11.8 Å². The topological polar surface area (TPSA) is 64.9 Å². The van der Waals surface area contributed by atoms with Crippen LogP contribution in [-0.2, 0) is 5.75 Å². The Morgan fingerprint density at radius 1 is 1.00 bits per heavy atom. The molecule has 3 rings (SSSR count). The fraction of sp³-hybridized carbons (Fsp3) is 0.0667. The zero-order valence-electron chi connectivity index (χ0n) is 10.7. The summed E-state index contributed by atoms with van der Waals surface area (Å²) in [5, 5.41) is 0. The van der Waals surface area contributed by atoms with Crippen molar-refractivity contribution in [3.05, 3.63) is 60.7 Å². The smallest absolute Gasteiger partial charge is 0.205 e. The van der Waals surface area contributed by atoms with Crippen molar-refractivity contribution in [2.75, 3.05) is 5.73 Å². The van der Waals surface area contributed by atoms with Crippen LogP contribution in [0.2, 0.25) is 0 Å². The van der Waals surface area contributed by atoms with Crippen LogP contribution < -0.4 is 5.73 Å². The quantitative estimate of drug-likeness (QED) is 0.741. The lowest BCUT2D eigenvalue weighted by molar-refractivity contribution is 0.530. The molecule has 1 aromatic carbocycles. The third-order valence-electron chi connectivity index (χ3n) is 2.73. The van der Waals surface area contributed by atoms with Crippen LogP contribution in [0.15, 0.2) is 64.2 Å². The van der Waals surface area contributed by atoms with Gasteiger partial charge in [-0.25, -0.2) is 9.97 Å². The number of rotatable bonds is 4. The van der Waals surface area contributed by atoms with Crippen LogP contribution in [0, 0.1) is 0 Å². The van der Waals surface area contributed by atoms with Crippen molar-refractivity contribution < 1.29 is 4.42 Å². The zero-order valence-corrected chi connectivity index (χ0v) is 11.5. The van der Waals surface area contributed by atoms with Gasteiger partial charge in [0, 0.05) is 16.7 Å². The number of benzene rings is 1. The van der Waals surface area contributed by atoms with Crippen LogP contribution in [0.25, 0.3) is 11.3 Å². The summed E-state index contributed by atoms with van der Waals surface area (Å²) >= 11 is 1.62. The lowest BCUT2D eigenvalue weighted by Crippen LogP contribution is -1.88. The average Bonchev–Trinajstić information content (AvgIpc) is 2.97. The maximum Gasteiger partial charge on any atom is 0.205 e. The number of thioether (sulfide) groups is 1. The summed E-state index contributed by atoms with van der Waals surface area (Å²) in [6, 6.07) is 13.7. The van der Waals surface area contributed by atoms with Gasteiger partial charge in [0.05, 0.1) is 11.9 Å². The molecule has 3 aromatic rings. The predicted molar refractivity (Wildman–Crippen MR) is 80.1 cm³/mol. The third-order valence-corrected chi connectivity index (χ3v) is 3.70. The number of hydrogen-bond acceptors (Lipinski definition) is 5. The largest absolute Gasteiger partial charge is 0.440 e. The van der Waals surface area contributed by atoms with Crippen molar-refractivity contribution in [3.8, 4) is 11.3 Å². The standard InChI is InChI=1S/C15H13N3OS/c16-14-7-6-12(8-17-14)20-10-15-18-9-13(19-15)11-4-2-1-3-5-11/h1-9H,10H2,(H2,16,17). The normalized spacial score (nSPS) is 10.6. The maximum absolute atomic E-state index is 5.74. The molecule has 0 saturated carbocycles. The highest BCUT2D eigenvalue weighted by Crippen LogP contribution is 2.25. The van der Waals surface area contributed by atoms with Crippen LogP contribution in [0.4, 0.5) is 5.82 Å². The van der Waals surface area contributed by atoms with Gasteiger partial charge in [-0.3, -0.25) is 0 Å². The fourth-order valence-electron chi connectivity index (χ4n) is 1.74. The molecule has 5 heteroatoms. The SMILES string of the molecule is Nc1ccc(SCc2ncc(-c3ccccc3)o2)cn1. The minimum Gasteiger partial charge on any atom is -0.440 e. The molecule has 0 atom stereocenters. The van der Waals surface area contributed by atoms with Gasteiger partial charge in [-0.05, 0) is 12.1 Å². The molecular formula is C15H13N3OS. The second-order valence-electron chi connectivity index (χ2n) is 4.19. The van der Waals surface area contributed by atoms with Crippen LogP contribution >= 0.6 is 11.8 Å². The Bertz CT molecular complexity index is 680. The molecule has 0 unspecified atom stereocenters. The predicted octanol–water partition coefficient (Wildman–Crippen LogP) is 3.61. The summed E-state index contributed by atoms with van der Waals surface area (Å²) < 4.78 is 5.74. The van der Waals surface area contributed by atoms with E-state index in [1.807, 2.05) is 36.4 Å². The molecule has 0 aliphatic carbocycles. The lowest BCUT2D eigenvalue weighted by Gasteiger charge is -1.99. The monoisotopic (exact) mass is 283 g/mol. The number of nitrogens with two attached hydrogens (primary N) is 1. The Morgan fingerprint density at radius 3 is 2.60 bits per heavy atom. The van der Waals surface area contributed by atoms with Gasteiger partial charge in [0.25, 0.3) is 0 Å². The number of nitrogens with zero attached hydrogens (tertiary/aromatic N) is 2. The molecule has 2 aromatic heterocycles. The zero-order chi connectivity index (χ0) is 13.8. The van der Waals surface area contributed by atoms with Gasteiger partial charge in [0.15, 0.2) is 5.76 Å². The fourth-order valence-corrected chi connectivity index (χ4v) is 2.45. The lowest BCUT2D eigenvalue weighted by atomic mass is 10.2. The van der Waals surface area contributed by atoms with Crippen LogP contribution in [-0.4, -0.2) is 9.97 Å². The molecule has 0 spiro atoms. The number of nitrogen functional groups attached to an aromatic ring is 1. The first kappa shape index (κ1) is 12.7. The number of anilines is 1. The molecule has 20 heavy (non-hydrogen) atoms. The van der Waals surface area contributed by atoms with Gasteiger partial charge in [0.1, 0.15) is 5.82 Å². The van der Waals surface area contributed by atoms with E-state index in [1.165, 1.54) is 0 Å². The Labute approximate surface area is 121 Å². The Kier molecular flexibility index (Phi) is 3.69. The summed E-state index contributed by atoms with van der Waals surface area (Å²) in [6.45, 7) is 0. The molecule has 0 amide bonds. The highest BCUT2D eigenvalue weighted by Gasteiger charge is 2.06. The third kappa shape index (κ3) is 3.00.